The molecule has 0 aromatic carbocycles. The Kier molecular flexibility index (Phi) is 5.22. The topological polar surface area (TPSA) is 50.1 Å². The lowest BCUT2D eigenvalue weighted by Gasteiger charge is -2.28. The average Bonchev–Trinajstić information content (AvgIpc) is 2.20. The SMILES string of the molecule is CCOC(=O)[C@](C#N)(CC)[C@@H](C)CC. The first kappa shape index (κ1) is 13.0. The fourth-order valence-electron chi connectivity index (χ4n) is 1.54. The van der Waals surface area contributed by atoms with Crippen molar-refractivity contribution in [2.75, 3.05) is 6.61 Å². The van der Waals surface area contributed by atoms with Crippen LogP contribution in [0.25, 0.3) is 0 Å². The van der Waals surface area contributed by atoms with Crippen molar-refractivity contribution in [1.82, 2.24) is 0 Å². The molecular weight excluding hydrogens is 178 g/mol. The molecule has 0 aliphatic heterocycles. The molecule has 0 radical (unpaired) electrons. The second-order valence-electron chi connectivity index (χ2n) is 3.47. The van der Waals surface area contributed by atoms with Crippen molar-refractivity contribution in [2.24, 2.45) is 11.3 Å². The predicted octanol–water partition coefficient (Wildman–Crippen LogP) is 2.52. The summed E-state index contributed by atoms with van der Waals surface area (Å²) in [5, 5.41) is 9.12. The van der Waals surface area contributed by atoms with Crippen LogP contribution in [-0.4, -0.2) is 12.6 Å². The van der Waals surface area contributed by atoms with E-state index in [1.54, 1.807) is 6.92 Å². The molecule has 0 saturated heterocycles. The number of ether oxygens (including phenoxy) is 1. The van der Waals surface area contributed by atoms with Gasteiger partial charge in [-0.3, -0.25) is 4.79 Å². The van der Waals surface area contributed by atoms with E-state index in [1.807, 2.05) is 20.8 Å². The summed E-state index contributed by atoms with van der Waals surface area (Å²) in [6, 6.07) is 2.13. The summed E-state index contributed by atoms with van der Waals surface area (Å²) in [6.07, 6.45) is 1.32. The molecule has 0 N–H and O–H groups in total. The number of nitriles is 1. The van der Waals surface area contributed by atoms with Crippen molar-refractivity contribution in [2.45, 2.75) is 40.5 Å². The predicted molar refractivity (Wildman–Crippen MR) is 54.4 cm³/mol. The second-order valence-corrected chi connectivity index (χ2v) is 3.47. The number of hydrogen-bond acceptors (Lipinski definition) is 3. The summed E-state index contributed by atoms with van der Waals surface area (Å²) in [4.78, 5) is 11.7. The standard InChI is InChI=1S/C11H19NO2/c1-5-9(4)11(6-2,8-12)10(13)14-7-3/h9H,5-7H2,1-4H3/t9-,11-/m0/s1. The van der Waals surface area contributed by atoms with Crippen LogP contribution in [0, 0.1) is 22.7 Å². The zero-order chi connectivity index (χ0) is 11.2. The molecule has 0 unspecified atom stereocenters. The second kappa shape index (κ2) is 5.64. The minimum Gasteiger partial charge on any atom is -0.465 e. The molecule has 14 heavy (non-hydrogen) atoms. The van der Waals surface area contributed by atoms with Crippen LogP contribution in [0.1, 0.15) is 40.5 Å². The molecule has 0 bridgehead atoms. The fourth-order valence-corrected chi connectivity index (χ4v) is 1.54. The van der Waals surface area contributed by atoms with Crippen LogP contribution in [0.4, 0.5) is 0 Å². The summed E-state index contributed by atoms with van der Waals surface area (Å²) >= 11 is 0. The van der Waals surface area contributed by atoms with Crippen LogP contribution in [-0.2, 0) is 9.53 Å². The highest BCUT2D eigenvalue weighted by molar-refractivity contribution is 5.80. The Morgan fingerprint density at radius 1 is 1.50 bits per heavy atom. The van der Waals surface area contributed by atoms with E-state index in [2.05, 4.69) is 6.07 Å². The lowest BCUT2D eigenvalue weighted by Crippen LogP contribution is -2.37. The van der Waals surface area contributed by atoms with Crippen molar-refractivity contribution in [3.8, 4) is 6.07 Å². The largest absolute Gasteiger partial charge is 0.465 e. The Hall–Kier alpha value is -1.04. The maximum atomic E-state index is 11.7. The first-order valence-electron chi connectivity index (χ1n) is 5.17. The molecule has 0 aliphatic rings. The third-order valence-electron chi connectivity index (χ3n) is 2.85. The van der Waals surface area contributed by atoms with Gasteiger partial charge in [0.1, 0.15) is 0 Å². The molecular formula is C11H19NO2. The maximum Gasteiger partial charge on any atom is 0.326 e. The van der Waals surface area contributed by atoms with Gasteiger partial charge in [-0.05, 0) is 19.3 Å². The highest BCUT2D eigenvalue weighted by Crippen LogP contribution is 2.34. The van der Waals surface area contributed by atoms with Gasteiger partial charge in [0.25, 0.3) is 0 Å². The lowest BCUT2D eigenvalue weighted by atomic mass is 9.74. The molecule has 0 aliphatic carbocycles. The molecule has 2 atom stereocenters. The average molecular weight is 197 g/mol. The van der Waals surface area contributed by atoms with Crippen LogP contribution < -0.4 is 0 Å². The van der Waals surface area contributed by atoms with Crippen molar-refractivity contribution >= 4 is 5.97 Å². The van der Waals surface area contributed by atoms with Gasteiger partial charge in [-0.1, -0.05) is 27.2 Å². The van der Waals surface area contributed by atoms with E-state index in [1.165, 1.54) is 0 Å². The number of hydrogen-bond donors (Lipinski definition) is 0. The number of nitrogens with zero attached hydrogens (tertiary/aromatic N) is 1. The van der Waals surface area contributed by atoms with E-state index >= 15 is 0 Å². The Balaban J connectivity index is 4.89. The highest BCUT2D eigenvalue weighted by atomic mass is 16.5. The van der Waals surface area contributed by atoms with E-state index in [0.29, 0.717) is 13.0 Å². The van der Waals surface area contributed by atoms with Crippen LogP contribution in [0.15, 0.2) is 0 Å². The molecule has 80 valence electrons. The number of carbonyl (C=O) groups is 1. The first-order valence-corrected chi connectivity index (χ1v) is 5.17. The van der Waals surface area contributed by atoms with Crippen LogP contribution >= 0.6 is 0 Å². The molecule has 0 spiro atoms. The van der Waals surface area contributed by atoms with E-state index in [9.17, 15) is 4.79 Å². The van der Waals surface area contributed by atoms with Gasteiger partial charge in [0.2, 0.25) is 0 Å². The number of rotatable bonds is 5. The van der Waals surface area contributed by atoms with E-state index in [-0.39, 0.29) is 11.9 Å². The third-order valence-corrected chi connectivity index (χ3v) is 2.85. The van der Waals surface area contributed by atoms with E-state index in [4.69, 9.17) is 10.00 Å². The lowest BCUT2D eigenvalue weighted by molar-refractivity contribution is -0.154. The summed E-state index contributed by atoms with van der Waals surface area (Å²) in [7, 11) is 0. The molecule has 3 nitrogen and oxygen atoms in total. The highest BCUT2D eigenvalue weighted by Gasteiger charge is 2.42. The van der Waals surface area contributed by atoms with Gasteiger partial charge < -0.3 is 4.74 Å². The quantitative estimate of drug-likeness (QED) is 0.636. The summed E-state index contributed by atoms with van der Waals surface area (Å²) in [6.45, 7) is 7.84. The van der Waals surface area contributed by atoms with Gasteiger partial charge in [0.05, 0.1) is 12.7 Å². The van der Waals surface area contributed by atoms with Gasteiger partial charge in [-0.15, -0.1) is 0 Å². The zero-order valence-electron chi connectivity index (χ0n) is 9.46. The third kappa shape index (κ3) is 2.25. The fraction of sp³-hybridized carbons (Fsp3) is 0.818. The Bertz CT molecular complexity index is 232. The first-order chi connectivity index (χ1) is 6.58. The van der Waals surface area contributed by atoms with E-state index < -0.39 is 5.41 Å². The van der Waals surface area contributed by atoms with Gasteiger partial charge in [0, 0.05) is 0 Å². The molecule has 0 rings (SSSR count). The Morgan fingerprint density at radius 2 is 2.07 bits per heavy atom. The smallest absolute Gasteiger partial charge is 0.326 e. The minimum atomic E-state index is -0.954. The van der Waals surface area contributed by atoms with Gasteiger partial charge >= 0.3 is 5.97 Å². The van der Waals surface area contributed by atoms with Crippen molar-refractivity contribution < 1.29 is 9.53 Å². The molecule has 0 amide bonds. The minimum absolute atomic E-state index is 0.0385. The summed E-state index contributed by atoms with van der Waals surface area (Å²) in [5.74, 6) is -0.337. The van der Waals surface area contributed by atoms with Gasteiger partial charge in [0.15, 0.2) is 5.41 Å². The molecule has 0 fully saturated rings. The van der Waals surface area contributed by atoms with E-state index in [0.717, 1.165) is 6.42 Å². The molecule has 3 heteroatoms. The summed E-state index contributed by atoms with van der Waals surface area (Å²) in [5.41, 5.74) is -0.954. The number of carbonyl (C=O) groups excluding carboxylic acids is 1. The van der Waals surface area contributed by atoms with Gasteiger partial charge in [-0.25, -0.2) is 0 Å². The van der Waals surface area contributed by atoms with Crippen molar-refractivity contribution in [3.05, 3.63) is 0 Å². The number of esters is 1. The van der Waals surface area contributed by atoms with Gasteiger partial charge in [-0.2, -0.15) is 5.26 Å². The van der Waals surface area contributed by atoms with Crippen LogP contribution in [0.5, 0.6) is 0 Å². The molecule has 0 aromatic rings. The Labute approximate surface area is 86.1 Å². The monoisotopic (exact) mass is 197 g/mol. The Morgan fingerprint density at radius 3 is 2.36 bits per heavy atom. The normalized spacial score (nSPS) is 16.5. The van der Waals surface area contributed by atoms with Crippen molar-refractivity contribution in [3.63, 3.8) is 0 Å². The zero-order valence-corrected chi connectivity index (χ0v) is 9.46. The van der Waals surface area contributed by atoms with Crippen LogP contribution in [0.3, 0.4) is 0 Å². The summed E-state index contributed by atoms with van der Waals surface area (Å²) < 4.78 is 4.95. The molecule has 0 saturated carbocycles. The van der Waals surface area contributed by atoms with Crippen LogP contribution in [0.2, 0.25) is 0 Å². The molecule has 0 aromatic heterocycles. The maximum absolute atomic E-state index is 11.7. The molecule has 0 heterocycles. The van der Waals surface area contributed by atoms with Crippen molar-refractivity contribution in [1.29, 1.82) is 5.26 Å².